The number of nitrogens with zero attached hydrogens (tertiary/aromatic N) is 1. The second-order valence-electron chi connectivity index (χ2n) is 5.05. The molecule has 5 heteroatoms. The van der Waals surface area contributed by atoms with Crippen molar-refractivity contribution in [3.63, 3.8) is 0 Å². The molecule has 3 rings (SSSR count). The molecule has 4 nitrogen and oxygen atoms in total. The Labute approximate surface area is 121 Å². The molecule has 0 spiro atoms. The van der Waals surface area contributed by atoms with Crippen LogP contribution in [0.4, 0.5) is 0 Å². The van der Waals surface area contributed by atoms with Gasteiger partial charge in [0, 0.05) is 23.2 Å². The smallest absolute Gasteiger partial charge is 0.255 e. The lowest BCUT2D eigenvalue weighted by Crippen LogP contribution is -2.31. The number of rotatable bonds is 4. The highest BCUT2D eigenvalue weighted by Gasteiger charge is 2.19. The minimum Gasteiger partial charge on any atom is -0.376 e. The Kier molecular flexibility index (Phi) is 4.00. The second-order valence-corrected chi connectivity index (χ2v) is 6.03. The summed E-state index contributed by atoms with van der Waals surface area (Å²) in [6.07, 6.45) is 4.07. The van der Waals surface area contributed by atoms with Crippen molar-refractivity contribution in [1.82, 2.24) is 4.57 Å². The molecule has 2 unspecified atom stereocenters. The van der Waals surface area contributed by atoms with Crippen LogP contribution in [0.15, 0.2) is 40.6 Å². The van der Waals surface area contributed by atoms with Gasteiger partial charge >= 0.3 is 0 Å². The average molecular weight is 290 g/mol. The first kappa shape index (κ1) is 13.5. The zero-order valence-corrected chi connectivity index (χ0v) is 12.0. The fourth-order valence-corrected chi connectivity index (χ4v) is 3.31. The summed E-state index contributed by atoms with van der Waals surface area (Å²) in [5.74, 6) is 0. The SMILES string of the molecule is NC(c1cccs1)c1cccn(CC2CCCO2)c1=O. The Morgan fingerprint density at radius 1 is 1.45 bits per heavy atom. The van der Waals surface area contributed by atoms with Gasteiger partial charge in [-0.1, -0.05) is 12.1 Å². The molecule has 0 bridgehead atoms. The Bertz CT molecular complexity index is 615. The average Bonchev–Trinajstić information content (AvgIpc) is 3.13. The van der Waals surface area contributed by atoms with Gasteiger partial charge in [-0.3, -0.25) is 4.79 Å². The Hall–Kier alpha value is -1.43. The molecule has 20 heavy (non-hydrogen) atoms. The molecule has 0 aliphatic carbocycles. The number of hydrogen-bond donors (Lipinski definition) is 1. The van der Waals surface area contributed by atoms with Crippen molar-refractivity contribution < 1.29 is 4.74 Å². The predicted molar refractivity (Wildman–Crippen MR) is 80.0 cm³/mol. The molecule has 106 valence electrons. The zero-order chi connectivity index (χ0) is 13.9. The third-order valence-electron chi connectivity index (χ3n) is 3.66. The summed E-state index contributed by atoms with van der Waals surface area (Å²) >= 11 is 1.58. The number of aromatic nitrogens is 1. The van der Waals surface area contributed by atoms with Gasteiger partial charge < -0.3 is 15.0 Å². The van der Waals surface area contributed by atoms with Crippen LogP contribution < -0.4 is 11.3 Å². The van der Waals surface area contributed by atoms with Gasteiger partial charge in [0.05, 0.1) is 18.7 Å². The first-order valence-electron chi connectivity index (χ1n) is 6.85. The quantitative estimate of drug-likeness (QED) is 0.938. The lowest BCUT2D eigenvalue weighted by Gasteiger charge is -2.15. The standard InChI is InChI=1S/C15H18N2O2S/c16-14(13-6-3-9-20-13)12-5-1-7-17(15(12)18)10-11-4-2-8-19-11/h1,3,5-7,9,11,14H,2,4,8,10,16H2. The van der Waals surface area contributed by atoms with Crippen molar-refractivity contribution in [2.24, 2.45) is 5.73 Å². The Morgan fingerprint density at radius 2 is 2.35 bits per heavy atom. The fraction of sp³-hybridized carbons (Fsp3) is 0.400. The maximum Gasteiger partial charge on any atom is 0.255 e. The van der Waals surface area contributed by atoms with Crippen molar-refractivity contribution in [2.75, 3.05) is 6.61 Å². The van der Waals surface area contributed by atoms with E-state index in [2.05, 4.69) is 0 Å². The summed E-state index contributed by atoms with van der Waals surface area (Å²) < 4.78 is 7.32. The molecule has 1 fully saturated rings. The molecular formula is C15H18N2O2S. The van der Waals surface area contributed by atoms with Crippen LogP contribution in [0.2, 0.25) is 0 Å². The second kappa shape index (κ2) is 5.91. The number of ether oxygens (including phenoxy) is 1. The van der Waals surface area contributed by atoms with Crippen molar-refractivity contribution >= 4 is 11.3 Å². The van der Waals surface area contributed by atoms with E-state index in [1.54, 1.807) is 15.9 Å². The molecule has 1 saturated heterocycles. The van der Waals surface area contributed by atoms with Crippen LogP contribution in [-0.2, 0) is 11.3 Å². The molecule has 0 saturated carbocycles. The summed E-state index contributed by atoms with van der Waals surface area (Å²) in [5.41, 5.74) is 6.84. The van der Waals surface area contributed by atoms with Gasteiger partial charge in [0.1, 0.15) is 0 Å². The van der Waals surface area contributed by atoms with Crippen LogP contribution in [0, 0.1) is 0 Å². The lowest BCUT2D eigenvalue weighted by atomic mass is 10.1. The molecule has 1 aliphatic rings. The third-order valence-corrected chi connectivity index (χ3v) is 4.61. The Morgan fingerprint density at radius 3 is 3.05 bits per heavy atom. The van der Waals surface area contributed by atoms with Gasteiger partial charge in [-0.15, -0.1) is 11.3 Å². The highest BCUT2D eigenvalue weighted by Crippen LogP contribution is 2.21. The summed E-state index contributed by atoms with van der Waals surface area (Å²) in [5, 5.41) is 1.98. The van der Waals surface area contributed by atoms with E-state index >= 15 is 0 Å². The van der Waals surface area contributed by atoms with Crippen LogP contribution in [0.3, 0.4) is 0 Å². The van der Waals surface area contributed by atoms with E-state index in [1.165, 1.54) is 0 Å². The molecule has 2 aromatic heterocycles. The Balaban J connectivity index is 1.87. The van der Waals surface area contributed by atoms with E-state index in [0.29, 0.717) is 12.1 Å². The lowest BCUT2D eigenvalue weighted by molar-refractivity contribution is 0.0961. The minimum atomic E-state index is -0.348. The first-order valence-corrected chi connectivity index (χ1v) is 7.73. The van der Waals surface area contributed by atoms with E-state index in [4.69, 9.17) is 10.5 Å². The molecule has 0 radical (unpaired) electrons. The van der Waals surface area contributed by atoms with Crippen molar-refractivity contribution in [2.45, 2.75) is 31.5 Å². The largest absolute Gasteiger partial charge is 0.376 e. The van der Waals surface area contributed by atoms with Gasteiger partial charge in [0.15, 0.2) is 0 Å². The fourth-order valence-electron chi connectivity index (χ4n) is 2.57. The number of hydrogen-bond acceptors (Lipinski definition) is 4. The molecule has 2 atom stereocenters. The van der Waals surface area contributed by atoms with E-state index < -0.39 is 0 Å². The monoisotopic (exact) mass is 290 g/mol. The van der Waals surface area contributed by atoms with Gasteiger partial charge in [-0.25, -0.2) is 0 Å². The van der Waals surface area contributed by atoms with E-state index in [9.17, 15) is 4.79 Å². The summed E-state index contributed by atoms with van der Waals surface area (Å²) in [4.78, 5) is 13.5. The van der Waals surface area contributed by atoms with Gasteiger partial charge in [0.25, 0.3) is 5.56 Å². The van der Waals surface area contributed by atoms with Crippen molar-refractivity contribution in [3.8, 4) is 0 Å². The highest BCUT2D eigenvalue weighted by atomic mass is 32.1. The van der Waals surface area contributed by atoms with Gasteiger partial charge in [-0.05, 0) is 30.4 Å². The van der Waals surface area contributed by atoms with Crippen LogP contribution in [0.1, 0.15) is 29.3 Å². The van der Waals surface area contributed by atoms with Gasteiger partial charge in [-0.2, -0.15) is 0 Å². The summed E-state index contributed by atoms with van der Waals surface area (Å²) in [6, 6.07) is 7.28. The van der Waals surface area contributed by atoms with E-state index in [0.717, 1.165) is 24.3 Å². The van der Waals surface area contributed by atoms with Crippen molar-refractivity contribution in [3.05, 3.63) is 56.6 Å². The van der Waals surface area contributed by atoms with Crippen LogP contribution in [0.5, 0.6) is 0 Å². The zero-order valence-electron chi connectivity index (χ0n) is 11.2. The molecule has 3 heterocycles. The van der Waals surface area contributed by atoms with Crippen LogP contribution >= 0.6 is 11.3 Å². The third kappa shape index (κ3) is 2.70. The molecule has 1 aliphatic heterocycles. The molecular weight excluding hydrogens is 272 g/mol. The number of pyridine rings is 1. The normalized spacial score (nSPS) is 20.1. The maximum atomic E-state index is 12.5. The molecule has 2 N–H and O–H groups in total. The minimum absolute atomic E-state index is 0.0103. The summed E-state index contributed by atoms with van der Waals surface area (Å²) in [6.45, 7) is 1.41. The van der Waals surface area contributed by atoms with Crippen LogP contribution in [-0.4, -0.2) is 17.3 Å². The number of nitrogens with two attached hydrogens (primary N) is 1. The maximum absolute atomic E-state index is 12.5. The number of thiophene rings is 1. The van der Waals surface area contributed by atoms with Crippen molar-refractivity contribution in [1.29, 1.82) is 0 Å². The van der Waals surface area contributed by atoms with E-state index in [1.807, 2.05) is 35.8 Å². The predicted octanol–water partition coefficient (Wildman–Crippen LogP) is 2.14. The molecule has 0 aromatic carbocycles. The molecule has 2 aromatic rings. The van der Waals surface area contributed by atoms with Gasteiger partial charge in [0.2, 0.25) is 0 Å². The summed E-state index contributed by atoms with van der Waals surface area (Å²) in [7, 11) is 0. The first-order chi connectivity index (χ1) is 9.75. The topological polar surface area (TPSA) is 57.2 Å². The highest BCUT2D eigenvalue weighted by molar-refractivity contribution is 7.10. The van der Waals surface area contributed by atoms with Crippen LogP contribution in [0.25, 0.3) is 0 Å². The molecule has 0 amide bonds. The van der Waals surface area contributed by atoms with E-state index in [-0.39, 0.29) is 17.7 Å².